The van der Waals surface area contributed by atoms with Crippen molar-refractivity contribution < 1.29 is 10.2 Å². The van der Waals surface area contributed by atoms with Gasteiger partial charge in [0.05, 0.1) is 25.7 Å². The Bertz CT molecular complexity index is 324. The summed E-state index contributed by atoms with van der Waals surface area (Å²) in [5.74, 6) is 0.592. The molecule has 0 bridgehead atoms. The molecule has 15 heavy (non-hydrogen) atoms. The van der Waals surface area contributed by atoms with Gasteiger partial charge in [0.15, 0.2) is 5.75 Å². The van der Waals surface area contributed by atoms with E-state index in [1.165, 1.54) is 6.07 Å². The minimum atomic E-state index is -1.27. The highest BCUT2D eigenvalue weighted by molar-refractivity contribution is 7.83. The molecule has 0 saturated carbocycles. The summed E-state index contributed by atoms with van der Waals surface area (Å²) in [7, 11) is -1.27. The number of phenols is 2. The average Bonchev–Trinajstić information content (AvgIpc) is 2.26. The topological polar surface area (TPSA) is 40.5 Å². The molecule has 3 heteroatoms. The zero-order chi connectivity index (χ0) is 11.5. The van der Waals surface area contributed by atoms with E-state index >= 15 is 0 Å². The zero-order valence-electron chi connectivity index (χ0n) is 9.70. The molecule has 0 aliphatic heterocycles. The van der Waals surface area contributed by atoms with Gasteiger partial charge in [-0.1, -0.05) is 0 Å². The number of hydrogen-bond acceptors (Lipinski definition) is 2. The Hall–Kier alpha value is -0.750. The van der Waals surface area contributed by atoms with Crippen molar-refractivity contribution in [2.75, 3.05) is 18.5 Å². The van der Waals surface area contributed by atoms with Gasteiger partial charge >= 0.3 is 0 Å². The van der Waals surface area contributed by atoms with Crippen LogP contribution in [0.5, 0.6) is 11.5 Å². The van der Waals surface area contributed by atoms with Gasteiger partial charge in [0.25, 0.3) is 0 Å². The zero-order valence-corrected chi connectivity index (χ0v) is 10.6. The molecule has 0 fully saturated rings. The van der Waals surface area contributed by atoms with E-state index in [0.29, 0.717) is 5.75 Å². The van der Waals surface area contributed by atoms with E-state index in [9.17, 15) is 10.2 Å². The summed E-state index contributed by atoms with van der Waals surface area (Å²) in [6.07, 6.45) is 3.24. The predicted molar refractivity (Wildman–Crippen MR) is 67.9 cm³/mol. The van der Waals surface area contributed by atoms with Crippen molar-refractivity contribution in [2.45, 2.75) is 20.8 Å². The Labute approximate surface area is 92.3 Å². The van der Waals surface area contributed by atoms with Crippen molar-refractivity contribution in [1.82, 2.24) is 0 Å². The van der Waals surface area contributed by atoms with Crippen LogP contribution in [0.25, 0.3) is 0 Å². The Morgan fingerprint density at radius 2 is 1.53 bits per heavy atom. The first-order chi connectivity index (χ1) is 7.09. The largest absolute Gasteiger partial charge is 0.508 e. The van der Waals surface area contributed by atoms with Crippen LogP contribution < -0.4 is 5.30 Å². The lowest BCUT2D eigenvalue weighted by Crippen LogP contribution is -2.17. The van der Waals surface area contributed by atoms with Crippen molar-refractivity contribution in [3.05, 3.63) is 18.2 Å². The molecular formula is C12H20O2P+. The highest BCUT2D eigenvalue weighted by Gasteiger charge is 2.37. The Kier molecular flexibility index (Phi) is 3.98. The van der Waals surface area contributed by atoms with Crippen molar-refractivity contribution in [2.24, 2.45) is 0 Å². The van der Waals surface area contributed by atoms with Gasteiger partial charge in [-0.25, -0.2) is 0 Å². The molecule has 2 N–H and O–H groups in total. The molecule has 1 aromatic carbocycles. The molecule has 1 rings (SSSR count). The molecule has 0 aliphatic carbocycles. The number of phenolic OH excluding ortho intramolecular Hbond substituents is 2. The maximum atomic E-state index is 9.88. The van der Waals surface area contributed by atoms with Crippen LogP contribution in [0.1, 0.15) is 20.8 Å². The van der Waals surface area contributed by atoms with E-state index in [1.807, 2.05) is 0 Å². The fourth-order valence-electron chi connectivity index (χ4n) is 2.07. The van der Waals surface area contributed by atoms with Crippen LogP contribution in [0, 0.1) is 0 Å². The second-order valence-electron chi connectivity index (χ2n) is 3.77. The van der Waals surface area contributed by atoms with Crippen LogP contribution in [-0.2, 0) is 0 Å². The first-order valence-corrected chi connectivity index (χ1v) is 7.82. The van der Waals surface area contributed by atoms with Gasteiger partial charge in [0.2, 0.25) is 0 Å². The summed E-state index contributed by atoms with van der Waals surface area (Å²) in [6.45, 7) is 6.51. The monoisotopic (exact) mass is 227 g/mol. The standard InChI is InChI=1S/C12H19O2P/c1-4-15(5-2,6-3)12-9-10(13)7-8-11(12)14/h7-9H,4-6H2,1-3H3,(H-,13,14)/p+1. The van der Waals surface area contributed by atoms with Crippen molar-refractivity contribution >= 4 is 12.6 Å². The van der Waals surface area contributed by atoms with E-state index in [0.717, 1.165) is 23.8 Å². The van der Waals surface area contributed by atoms with E-state index in [4.69, 9.17) is 0 Å². The van der Waals surface area contributed by atoms with E-state index < -0.39 is 7.26 Å². The molecule has 0 radical (unpaired) electrons. The molecule has 0 heterocycles. The number of rotatable bonds is 4. The highest BCUT2D eigenvalue weighted by atomic mass is 31.2. The molecule has 0 atom stereocenters. The van der Waals surface area contributed by atoms with Gasteiger partial charge in [-0.2, -0.15) is 0 Å². The Morgan fingerprint density at radius 3 is 2.00 bits per heavy atom. The van der Waals surface area contributed by atoms with Crippen LogP contribution in [0.4, 0.5) is 0 Å². The minimum Gasteiger partial charge on any atom is -0.508 e. The quantitative estimate of drug-likeness (QED) is 0.613. The molecule has 2 nitrogen and oxygen atoms in total. The molecule has 0 amide bonds. The molecular weight excluding hydrogens is 207 g/mol. The maximum Gasteiger partial charge on any atom is 0.158 e. The third-order valence-corrected chi connectivity index (χ3v) is 8.30. The molecule has 0 aliphatic rings. The summed E-state index contributed by atoms with van der Waals surface area (Å²) < 4.78 is 0. The molecule has 84 valence electrons. The van der Waals surface area contributed by atoms with Gasteiger partial charge < -0.3 is 10.2 Å². The summed E-state index contributed by atoms with van der Waals surface area (Å²) in [5.41, 5.74) is 0. The van der Waals surface area contributed by atoms with Crippen molar-refractivity contribution in [3.8, 4) is 11.5 Å². The molecule has 0 saturated heterocycles. The van der Waals surface area contributed by atoms with Gasteiger partial charge in [-0.3, -0.25) is 0 Å². The minimum absolute atomic E-state index is 0.252. The second-order valence-corrected chi connectivity index (χ2v) is 8.44. The van der Waals surface area contributed by atoms with Gasteiger partial charge in [-0.15, -0.1) is 0 Å². The highest BCUT2D eigenvalue weighted by Crippen LogP contribution is 2.58. The SMILES string of the molecule is CC[P+](CC)(CC)c1cc(O)ccc1O. The molecule has 1 aromatic rings. The van der Waals surface area contributed by atoms with E-state index in [-0.39, 0.29) is 5.75 Å². The lowest BCUT2D eigenvalue weighted by atomic mass is 10.3. The molecule has 0 unspecified atom stereocenters. The number of hydrogen-bond donors (Lipinski definition) is 2. The first-order valence-electron chi connectivity index (χ1n) is 5.48. The average molecular weight is 227 g/mol. The van der Waals surface area contributed by atoms with Gasteiger partial charge in [0, 0.05) is 6.07 Å². The molecule has 0 aromatic heterocycles. The van der Waals surface area contributed by atoms with Gasteiger partial charge in [0.1, 0.15) is 11.1 Å². The van der Waals surface area contributed by atoms with E-state index in [1.54, 1.807) is 12.1 Å². The third-order valence-electron chi connectivity index (χ3n) is 3.29. The normalized spacial score (nSPS) is 11.7. The lowest BCUT2D eigenvalue weighted by molar-refractivity contribution is 0.463. The van der Waals surface area contributed by atoms with Crippen LogP contribution in [-0.4, -0.2) is 28.7 Å². The van der Waals surface area contributed by atoms with Gasteiger partial charge in [-0.05, 0) is 32.9 Å². The number of aromatic hydroxyl groups is 2. The Balaban J connectivity index is 3.27. The summed E-state index contributed by atoms with van der Waals surface area (Å²) in [6, 6.07) is 4.87. The Morgan fingerprint density at radius 1 is 1.00 bits per heavy atom. The van der Waals surface area contributed by atoms with Crippen molar-refractivity contribution in [3.63, 3.8) is 0 Å². The van der Waals surface area contributed by atoms with Crippen LogP contribution in [0.2, 0.25) is 0 Å². The third kappa shape index (κ3) is 2.26. The van der Waals surface area contributed by atoms with Crippen LogP contribution in [0.3, 0.4) is 0 Å². The number of benzene rings is 1. The summed E-state index contributed by atoms with van der Waals surface area (Å²) >= 11 is 0. The summed E-state index contributed by atoms with van der Waals surface area (Å²) in [4.78, 5) is 0. The fourth-order valence-corrected chi connectivity index (χ4v) is 5.40. The lowest BCUT2D eigenvalue weighted by Gasteiger charge is -2.24. The second kappa shape index (κ2) is 4.85. The van der Waals surface area contributed by atoms with Crippen LogP contribution in [0.15, 0.2) is 18.2 Å². The molecule has 0 spiro atoms. The fraction of sp³-hybridized carbons (Fsp3) is 0.500. The summed E-state index contributed by atoms with van der Waals surface area (Å²) in [5, 5.41) is 20.4. The first kappa shape index (κ1) is 12.3. The maximum absolute atomic E-state index is 9.88. The predicted octanol–water partition coefficient (Wildman–Crippen LogP) is 2.80. The van der Waals surface area contributed by atoms with Crippen molar-refractivity contribution in [1.29, 1.82) is 0 Å². The smallest absolute Gasteiger partial charge is 0.158 e. The van der Waals surface area contributed by atoms with Crippen LogP contribution >= 0.6 is 7.26 Å². The van der Waals surface area contributed by atoms with E-state index in [2.05, 4.69) is 20.8 Å².